The molecule has 1 saturated carbocycles. The molecule has 1 aliphatic rings. The van der Waals surface area contributed by atoms with Gasteiger partial charge in [-0.3, -0.25) is 9.59 Å². The Balaban J connectivity index is 2.40. The van der Waals surface area contributed by atoms with Crippen molar-refractivity contribution in [2.24, 2.45) is 11.3 Å². The van der Waals surface area contributed by atoms with Gasteiger partial charge in [0.1, 0.15) is 6.04 Å². The van der Waals surface area contributed by atoms with E-state index >= 15 is 0 Å². The van der Waals surface area contributed by atoms with Gasteiger partial charge in [-0.15, -0.1) is 0 Å². The molecule has 2 amide bonds. The van der Waals surface area contributed by atoms with E-state index in [0.717, 1.165) is 12.8 Å². The number of hydrogen-bond donors (Lipinski definition) is 2. The summed E-state index contributed by atoms with van der Waals surface area (Å²) in [5, 5.41) is 5.77. The van der Waals surface area contributed by atoms with Crippen LogP contribution in [-0.4, -0.2) is 23.9 Å². The second-order valence-corrected chi connectivity index (χ2v) is 6.57. The second-order valence-electron chi connectivity index (χ2n) is 6.57. The standard InChI is InChI=1S/C14H26N2O2/c1-9-6-7-11(8-9)16-12(17)10(2)15-13(18)14(3,4)5/h9-11H,6-8H2,1-5H3,(H,15,18)(H,16,17). The summed E-state index contributed by atoms with van der Waals surface area (Å²) in [6.45, 7) is 9.46. The van der Waals surface area contributed by atoms with Gasteiger partial charge in [0.15, 0.2) is 0 Å². The average Bonchev–Trinajstić information content (AvgIpc) is 2.62. The molecule has 1 fully saturated rings. The highest BCUT2D eigenvalue weighted by molar-refractivity contribution is 5.89. The summed E-state index contributed by atoms with van der Waals surface area (Å²) in [6.07, 6.45) is 3.27. The second kappa shape index (κ2) is 5.72. The van der Waals surface area contributed by atoms with E-state index in [4.69, 9.17) is 0 Å². The van der Waals surface area contributed by atoms with Crippen molar-refractivity contribution < 1.29 is 9.59 Å². The first-order valence-corrected chi connectivity index (χ1v) is 6.81. The molecule has 4 nitrogen and oxygen atoms in total. The SMILES string of the molecule is CC1CCC(NC(=O)C(C)NC(=O)C(C)(C)C)C1. The zero-order valence-electron chi connectivity index (χ0n) is 12.2. The van der Waals surface area contributed by atoms with Crippen molar-refractivity contribution in [3.8, 4) is 0 Å². The number of carbonyl (C=O) groups is 2. The van der Waals surface area contributed by atoms with Crippen molar-refractivity contribution in [3.05, 3.63) is 0 Å². The summed E-state index contributed by atoms with van der Waals surface area (Å²) in [4.78, 5) is 23.7. The minimum Gasteiger partial charge on any atom is -0.352 e. The van der Waals surface area contributed by atoms with Crippen LogP contribution >= 0.6 is 0 Å². The Kier molecular flexibility index (Phi) is 4.77. The van der Waals surface area contributed by atoms with Crippen LogP contribution in [0.25, 0.3) is 0 Å². The Bertz CT molecular complexity index is 320. The molecule has 104 valence electrons. The summed E-state index contributed by atoms with van der Waals surface area (Å²) in [5.41, 5.74) is -0.462. The lowest BCUT2D eigenvalue weighted by molar-refractivity contribution is -0.133. The van der Waals surface area contributed by atoms with Gasteiger partial charge in [0.05, 0.1) is 0 Å². The molecule has 0 bridgehead atoms. The minimum atomic E-state index is -0.465. The molecule has 1 rings (SSSR count). The van der Waals surface area contributed by atoms with Crippen LogP contribution in [0.1, 0.15) is 53.9 Å². The summed E-state index contributed by atoms with van der Waals surface area (Å²) < 4.78 is 0. The molecule has 0 aliphatic heterocycles. The van der Waals surface area contributed by atoms with E-state index in [1.54, 1.807) is 6.92 Å². The summed E-state index contributed by atoms with van der Waals surface area (Å²) in [5.74, 6) is 0.520. The van der Waals surface area contributed by atoms with Crippen LogP contribution in [0.4, 0.5) is 0 Å². The Labute approximate surface area is 110 Å². The third-order valence-corrected chi connectivity index (χ3v) is 3.46. The van der Waals surface area contributed by atoms with Gasteiger partial charge in [-0.2, -0.15) is 0 Å². The van der Waals surface area contributed by atoms with Gasteiger partial charge in [0.25, 0.3) is 0 Å². The Hall–Kier alpha value is -1.06. The number of carbonyl (C=O) groups excluding carboxylic acids is 2. The molecule has 0 aromatic heterocycles. The van der Waals surface area contributed by atoms with E-state index in [2.05, 4.69) is 17.6 Å². The third kappa shape index (κ3) is 4.31. The minimum absolute atomic E-state index is 0.0771. The first-order chi connectivity index (χ1) is 8.20. The van der Waals surface area contributed by atoms with Gasteiger partial charge >= 0.3 is 0 Å². The predicted octanol–water partition coefficient (Wildman–Crippen LogP) is 1.84. The Morgan fingerprint density at radius 2 is 1.83 bits per heavy atom. The Morgan fingerprint density at radius 1 is 1.22 bits per heavy atom. The highest BCUT2D eigenvalue weighted by Gasteiger charge is 2.27. The van der Waals surface area contributed by atoms with Gasteiger partial charge in [-0.05, 0) is 32.1 Å². The highest BCUT2D eigenvalue weighted by Crippen LogP contribution is 2.24. The van der Waals surface area contributed by atoms with Crippen molar-refractivity contribution in [1.82, 2.24) is 10.6 Å². The van der Waals surface area contributed by atoms with Crippen LogP contribution in [0.2, 0.25) is 0 Å². The quantitative estimate of drug-likeness (QED) is 0.807. The largest absolute Gasteiger partial charge is 0.352 e. The maximum Gasteiger partial charge on any atom is 0.242 e. The average molecular weight is 254 g/mol. The van der Waals surface area contributed by atoms with Crippen molar-refractivity contribution in [3.63, 3.8) is 0 Å². The van der Waals surface area contributed by atoms with E-state index in [1.165, 1.54) is 6.42 Å². The van der Waals surface area contributed by atoms with Gasteiger partial charge in [-0.1, -0.05) is 27.7 Å². The molecule has 0 spiro atoms. The lowest BCUT2D eigenvalue weighted by atomic mass is 9.95. The van der Waals surface area contributed by atoms with E-state index in [9.17, 15) is 9.59 Å². The number of hydrogen-bond acceptors (Lipinski definition) is 2. The molecular weight excluding hydrogens is 228 g/mol. The fourth-order valence-electron chi connectivity index (χ4n) is 2.14. The first-order valence-electron chi connectivity index (χ1n) is 6.81. The van der Waals surface area contributed by atoms with Crippen LogP contribution in [0.5, 0.6) is 0 Å². The topological polar surface area (TPSA) is 58.2 Å². The van der Waals surface area contributed by atoms with Crippen LogP contribution in [-0.2, 0) is 9.59 Å². The molecule has 0 aromatic carbocycles. The zero-order valence-corrected chi connectivity index (χ0v) is 12.2. The molecule has 0 saturated heterocycles. The fraction of sp³-hybridized carbons (Fsp3) is 0.857. The predicted molar refractivity (Wildman–Crippen MR) is 72.0 cm³/mol. The molecule has 3 atom stereocenters. The highest BCUT2D eigenvalue weighted by atomic mass is 16.2. The van der Waals surface area contributed by atoms with E-state index in [1.807, 2.05) is 20.8 Å². The molecule has 0 aromatic rings. The van der Waals surface area contributed by atoms with E-state index in [0.29, 0.717) is 5.92 Å². The number of amides is 2. The van der Waals surface area contributed by atoms with Crippen LogP contribution in [0.3, 0.4) is 0 Å². The fourth-order valence-corrected chi connectivity index (χ4v) is 2.14. The molecule has 2 N–H and O–H groups in total. The van der Waals surface area contributed by atoms with Crippen molar-refractivity contribution in [2.75, 3.05) is 0 Å². The maximum atomic E-state index is 11.9. The smallest absolute Gasteiger partial charge is 0.242 e. The van der Waals surface area contributed by atoms with Crippen LogP contribution in [0.15, 0.2) is 0 Å². The van der Waals surface area contributed by atoms with E-state index < -0.39 is 11.5 Å². The maximum absolute atomic E-state index is 11.9. The molecule has 0 radical (unpaired) electrons. The lowest BCUT2D eigenvalue weighted by Gasteiger charge is -2.22. The van der Waals surface area contributed by atoms with Gasteiger partial charge in [0, 0.05) is 11.5 Å². The van der Waals surface area contributed by atoms with Crippen molar-refractivity contribution in [2.45, 2.75) is 66.0 Å². The molecule has 4 heteroatoms. The van der Waals surface area contributed by atoms with Gasteiger partial charge in [0.2, 0.25) is 11.8 Å². The molecule has 18 heavy (non-hydrogen) atoms. The summed E-state index contributed by atoms with van der Waals surface area (Å²) in [7, 11) is 0. The molecule has 1 aliphatic carbocycles. The monoisotopic (exact) mass is 254 g/mol. The Morgan fingerprint density at radius 3 is 2.28 bits per heavy atom. The van der Waals surface area contributed by atoms with Crippen molar-refractivity contribution in [1.29, 1.82) is 0 Å². The summed E-state index contributed by atoms with van der Waals surface area (Å²) >= 11 is 0. The number of nitrogens with one attached hydrogen (secondary N) is 2. The van der Waals surface area contributed by atoms with E-state index in [-0.39, 0.29) is 17.9 Å². The molecular formula is C14H26N2O2. The third-order valence-electron chi connectivity index (χ3n) is 3.46. The summed E-state index contributed by atoms with van der Waals surface area (Å²) in [6, 6.07) is -0.186. The normalized spacial score (nSPS) is 25.6. The van der Waals surface area contributed by atoms with Crippen LogP contribution in [0, 0.1) is 11.3 Å². The van der Waals surface area contributed by atoms with Gasteiger partial charge < -0.3 is 10.6 Å². The number of rotatable bonds is 3. The first kappa shape index (κ1) is 15.0. The van der Waals surface area contributed by atoms with Crippen molar-refractivity contribution >= 4 is 11.8 Å². The zero-order chi connectivity index (χ0) is 13.9. The molecule has 0 heterocycles. The lowest BCUT2D eigenvalue weighted by Crippen LogP contribution is -2.50. The van der Waals surface area contributed by atoms with Gasteiger partial charge in [-0.25, -0.2) is 0 Å². The van der Waals surface area contributed by atoms with Crippen LogP contribution < -0.4 is 10.6 Å². The molecule has 3 unspecified atom stereocenters.